The van der Waals surface area contributed by atoms with Gasteiger partial charge in [0.25, 0.3) is 0 Å². The van der Waals surface area contributed by atoms with E-state index in [9.17, 15) is 44.8 Å². The maximum absolute atomic E-state index is 14.3. The molecular weight excluding hydrogens is 465 g/mol. The van der Waals surface area contributed by atoms with Crippen LogP contribution in [0.1, 0.15) is 37.7 Å². The predicted octanol–water partition coefficient (Wildman–Crippen LogP) is 6.59. The Balaban J connectivity index is 2.36. The topological polar surface area (TPSA) is 53.1 Å². The van der Waals surface area contributed by atoms with Crippen LogP contribution in [0.2, 0.25) is 0 Å². The van der Waals surface area contributed by atoms with Gasteiger partial charge in [0.2, 0.25) is 5.41 Å². The van der Waals surface area contributed by atoms with E-state index in [1.165, 1.54) is 0 Å². The molecule has 1 unspecified atom stereocenters. The molecule has 33 heavy (non-hydrogen) atoms. The Hall–Kier alpha value is -2.84. The zero-order valence-corrected chi connectivity index (χ0v) is 16.9. The molecule has 0 radical (unpaired) electrons. The highest BCUT2D eigenvalue weighted by atomic mass is 19.4. The maximum Gasteiger partial charge on any atom is 0.416 e. The van der Waals surface area contributed by atoms with Crippen LogP contribution in [0.25, 0.3) is 0 Å². The van der Waals surface area contributed by atoms with Crippen LogP contribution in [0.3, 0.4) is 0 Å². The van der Waals surface area contributed by atoms with E-state index in [-0.39, 0.29) is 24.9 Å². The van der Waals surface area contributed by atoms with Crippen molar-refractivity contribution in [2.24, 2.45) is 11.1 Å². The lowest BCUT2D eigenvalue weighted by Crippen LogP contribution is -2.61. The normalized spacial score (nSPS) is 22.1. The largest absolute Gasteiger partial charge is 0.416 e. The number of fused-ring (bicyclic) bond motifs is 1. The number of nitrogens with two attached hydrogens (primary N) is 1. The second-order valence-corrected chi connectivity index (χ2v) is 7.85. The van der Waals surface area contributed by atoms with Crippen molar-refractivity contribution < 1.29 is 39.5 Å². The minimum atomic E-state index is -5.93. The molecule has 3 nitrogen and oxygen atoms in total. The van der Waals surface area contributed by atoms with Gasteiger partial charge in [-0.25, -0.2) is 0 Å². The molecule has 0 saturated carbocycles. The SMILES string of the molecule is N#CC1=C(N)N(c2ccc(C(F)(F)F)cc2)C2CCCCCC=C2C1(C(F)(F)F)C(F)(F)F. The van der Waals surface area contributed by atoms with E-state index in [0.29, 0.717) is 25.0 Å². The smallest absolute Gasteiger partial charge is 0.384 e. The molecule has 1 aliphatic heterocycles. The Morgan fingerprint density at radius 2 is 1.48 bits per heavy atom. The molecule has 180 valence electrons. The van der Waals surface area contributed by atoms with Crippen LogP contribution >= 0.6 is 0 Å². The summed E-state index contributed by atoms with van der Waals surface area (Å²) in [6.45, 7) is 0. The summed E-state index contributed by atoms with van der Waals surface area (Å²) in [4.78, 5) is 0.908. The number of hydrogen-bond donors (Lipinski definition) is 1. The first-order chi connectivity index (χ1) is 15.2. The quantitative estimate of drug-likeness (QED) is 0.362. The molecule has 2 aliphatic rings. The molecule has 1 aromatic carbocycles. The van der Waals surface area contributed by atoms with E-state index in [4.69, 9.17) is 5.73 Å². The van der Waals surface area contributed by atoms with Crippen molar-refractivity contribution >= 4 is 5.69 Å². The fraction of sp³-hybridized carbons (Fsp3) is 0.476. The Morgan fingerprint density at radius 3 is 1.97 bits per heavy atom. The van der Waals surface area contributed by atoms with Crippen molar-refractivity contribution in [2.75, 3.05) is 4.90 Å². The Labute approximate surface area is 182 Å². The summed E-state index contributed by atoms with van der Waals surface area (Å²) < 4.78 is 124. The fourth-order valence-electron chi connectivity index (χ4n) is 4.55. The van der Waals surface area contributed by atoms with Gasteiger partial charge in [-0.05, 0) is 49.1 Å². The Bertz CT molecular complexity index is 978. The summed E-state index contributed by atoms with van der Waals surface area (Å²) in [6.07, 6.45) is -14.8. The third kappa shape index (κ3) is 3.91. The third-order valence-electron chi connectivity index (χ3n) is 5.98. The monoisotopic (exact) mass is 483 g/mol. The first-order valence-electron chi connectivity index (χ1n) is 9.88. The number of nitrogens with zero attached hydrogens (tertiary/aromatic N) is 2. The standard InChI is InChI=1S/C21H18F9N3/c22-19(23,24)12-7-9-13(10-8-12)33-16-6-4-2-1-3-5-14(16)18(20(25,26)27,21(28,29)30)15(11-31)17(33)32/h5,7-10,16H,1-4,6,32H2. The highest BCUT2D eigenvalue weighted by Gasteiger charge is 2.77. The molecule has 1 atom stereocenters. The number of anilines is 1. The summed E-state index contributed by atoms with van der Waals surface area (Å²) in [5.74, 6) is -1.09. The first kappa shape index (κ1) is 24.8. The van der Waals surface area contributed by atoms with Gasteiger partial charge in [0, 0.05) is 5.69 Å². The molecule has 3 rings (SSSR count). The van der Waals surface area contributed by atoms with Gasteiger partial charge >= 0.3 is 18.5 Å². The molecule has 1 heterocycles. The zero-order valence-electron chi connectivity index (χ0n) is 16.9. The van der Waals surface area contributed by atoms with Gasteiger partial charge in [-0.1, -0.05) is 18.9 Å². The molecule has 0 amide bonds. The molecule has 12 heteroatoms. The summed E-state index contributed by atoms with van der Waals surface area (Å²) in [5.41, 5.74) is -2.85. The van der Waals surface area contributed by atoms with Crippen LogP contribution in [0, 0.1) is 16.7 Å². The average molecular weight is 483 g/mol. The van der Waals surface area contributed by atoms with Crippen molar-refractivity contribution in [3.8, 4) is 6.07 Å². The number of benzene rings is 1. The van der Waals surface area contributed by atoms with Gasteiger partial charge in [0.1, 0.15) is 11.9 Å². The van der Waals surface area contributed by atoms with Crippen LogP contribution in [-0.2, 0) is 6.18 Å². The molecule has 0 bridgehead atoms. The van der Waals surface area contributed by atoms with Crippen molar-refractivity contribution in [1.82, 2.24) is 0 Å². The Morgan fingerprint density at radius 1 is 0.909 bits per heavy atom. The molecule has 1 aromatic rings. The van der Waals surface area contributed by atoms with Crippen molar-refractivity contribution in [2.45, 2.75) is 56.7 Å². The summed E-state index contributed by atoms with van der Waals surface area (Å²) in [5, 5.41) is 9.46. The van der Waals surface area contributed by atoms with Gasteiger partial charge in [0.15, 0.2) is 0 Å². The maximum atomic E-state index is 14.3. The number of allylic oxidation sites excluding steroid dienone is 2. The van der Waals surface area contributed by atoms with Crippen molar-refractivity contribution in [3.05, 3.63) is 52.9 Å². The Kier molecular flexibility index (Phi) is 6.15. The number of rotatable bonds is 1. The van der Waals surface area contributed by atoms with Gasteiger partial charge < -0.3 is 10.6 Å². The van der Waals surface area contributed by atoms with Crippen molar-refractivity contribution in [1.29, 1.82) is 5.26 Å². The fourth-order valence-corrected chi connectivity index (χ4v) is 4.55. The van der Waals surface area contributed by atoms with Gasteiger partial charge in [-0.15, -0.1) is 0 Å². The summed E-state index contributed by atoms with van der Waals surface area (Å²) in [6, 6.07) is 2.58. The minimum absolute atomic E-state index is 0.0841. The van der Waals surface area contributed by atoms with Crippen LogP contribution < -0.4 is 10.6 Å². The highest BCUT2D eigenvalue weighted by molar-refractivity contribution is 5.64. The van der Waals surface area contributed by atoms with Crippen LogP contribution in [0.5, 0.6) is 0 Å². The van der Waals surface area contributed by atoms with E-state index in [1.807, 2.05) is 0 Å². The number of hydrogen-bond acceptors (Lipinski definition) is 3. The minimum Gasteiger partial charge on any atom is -0.384 e. The van der Waals surface area contributed by atoms with E-state index < -0.39 is 52.5 Å². The molecule has 0 spiro atoms. The predicted molar refractivity (Wildman–Crippen MR) is 100 cm³/mol. The second kappa shape index (κ2) is 8.18. The van der Waals surface area contributed by atoms with Crippen LogP contribution in [0.4, 0.5) is 45.2 Å². The lowest BCUT2D eigenvalue weighted by atomic mass is 9.65. The number of halogens is 9. The molecule has 0 fully saturated rings. The number of nitriles is 1. The van der Waals surface area contributed by atoms with Crippen LogP contribution in [0.15, 0.2) is 47.3 Å². The molecular formula is C21H18F9N3. The second-order valence-electron chi connectivity index (χ2n) is 7.85. The molecule has 2 N–H and O–H groups in total. The van der Waals surface area contributed by atoms with Gasteiger partial charge in [-0.3, -0.25) is 0 Å². The molecule has 0 saturated heterocycles. The van der Waals surface area contributed by atoms with E-state index >= 15 is 0 Å². The number of alkyl halides is 9. The highest BCUT2D eigenvalue weighted by Crippen LogP contribution is 2.63. The van der Waals surface area contributed by atoms with Crippen LogP contribution in [-0.4, -0.2) is 18.4 Å². The average Bonchev–Trinajstić information content (AvgIpc) is 2.66. The van der Waals surface area contributed by atoms with E-state index in [1.54, 1.807) is 0 Å². The molecule has 0 aromatic heterocycles. The molecule has 1 aliphatic carbocycles. The third-order valence-corrected chi connectivity index (χ3v) is 5.98. The van der Waals surface area contributed by atoms with Crippen molar-refractivity contribution in [3.63, 3.8) is 0 Å². The van der Waals surface area contributed by atoms with Gasteiger partial charge in [0.05, 0.1) is 17.2 Å². The summed E-state index contributed by atoms with van der Waals surface area (Å²) in [7, 11) is 0. The summed E-state index contributed by atoms with van der Waals surface area (Å²) >= 11 is 0. The first-order valence-corrected chi connectivity index (χ1v) is 9.88. The van der Waals surface area contributed by atoms with Gasteiger partial charge in [-0.2, -0.15) is 44.8 Å². The lowest BCUT2D eigenvalue weighted by Gasteiger charge is -2.50. The lowest BCUT2D eigenvalue weighted by molar-refractivity contribution is -0.312. The van der Waals surface area contributed by atoms with E-state index in [2.05, 4.69) is 0 Å². The zero-order chi connectivity index (χ0) is 24.8. The van der Waals surface area contributed by atoms with E-state index in [0.717, 1.165) is 29.2 Å².